The van der Waals surface area contributed by atoms with Crippen molar-refractivity contribution < 1.29 is 14.4 Å². The fraction of sp³-hybridized carbons (Fsp3) is 0.176. The standard InChI is InChI=1S/C17H15N5O3/c1-22(21-20-14-5-2-13(11-18)3-6-14)17(25)19-9-8-12-4-7-15(23)16(24)10-12/h2-7,10H,8-9H2,1H3,(H,19,25). The average molecular weight is 337 g/mol. The van der Waals surface area contributed by atoms with E-state index in [4.69, 9.17) is 5.26 Å². The van der Waals surface area contributed by atoms with Gasteiger partial charge in [0.2, 0.25) is 11.6 Å². The third kappa shape index (κ3) is 5.21. The van der Waals surface area contributed by atoms with Gasteiger partial charge in [0, 0.05) is 13.6 Å². The Balaban J connectivity index is 1.80. The summed E-state index contributed by atoms with van der Waals surface area (Å²) in [7, 11) is 1.45. The van der Waals surface area contributed by atoms with Crippen LogP contribution in [0.15, 0.2) is 58.4 Å². The summed E-state index contributed by atoms with van der Waals surface area (Å²) in [6, 6.07) is 7.98. The number of carbonyl (C=O) groups is 3. The Labute approximate surface area is 144 Å². The minimum atomic E-state index is -0.558. The Morgan fingerprint density at radius 3 is 2.56 bits per heavy atom. The number of nitrogens with one attached hydrogen (secondary N) is 1. The first-order valence-corrected chi connectivity index (χ1v) is 7.40. The number of ketones is 2. The molecule has 1 aliphatic rings. The maximum Gasteiger partial charge on any atom is 0.338 e. The lowest BCUT2D eigenvalue weighted by Gasteiger charge is -2.12. The number of hydrogen-bond acceptors (Lipinski definition) is 6. The van der Waals surface area contributed by atoms with E-state index in [-0.39, 0.29) is 6.54 Å². The van der Waals surface area contributed by atoms with Gasteiger partial charge < -0.3 is 5.32 Å². The van der Waals surface area contributed by atoms with Crippen molar-refractivity contribution in [3.63, 3.8) is 0 Å². The van der Waals surface area contributed by atoms with Gasteiger partial charge in [-0.15, -0.1) is 5.11 Å². The maximum absolute atomic E-state index is 11.9. The van der Waals surface area contributed by atoms with E-state index in [2.05, 4.69) is 15.7 Å². The maximum atomic E-state index is 11.9. The first kappa shape index (κ1) is 17.7. The van der Waals surface area contributed by atoms with Crippen LogP contribution in [0.1, 0.15) is 12.0 Å². The fourth-order valence-corrected chi connectivity index (χ4v) is 1.90. The molecule has 25 heavy (non-hydrogen) atoms. The molecule has 8 heteroatoms. The third-order valence-electron chi connectivity index (χ3n) is 3.28. The van der Waals surface area contributed by atoms with E-state index in [1.54, 1.807) is 30.3 Å². The van der Waals surface area contributed by atoms with E-state index >= 15 is 0 Å². The second-order valence-electron chi connectivity index (χ2n) is 5.13. The van der Waals surface area contributed by atoms with Crippen LogP contribution in [0.2, 0.25) is 0 Å². The lowest BCUT2D eigenvalue weighted by atomic mass is 10.0. The quantitative estimate of drug-likeness (QED) is 0.384. The van der Waals surface area contributed by atoms with E-state index in [1.807, 2.05) is 6.07 Å². The molecule has 0 radical (unpaired) electrons. The number of benzene rings is 1. The minimum Gasteiger partial charge on any atom is -0.336 e. The van der Waals surface area contributed by atoms with Gasteiger partial charge >= 0.3 is 6.03 Å². The van der Waals surface area contributed by atoms with Gasteiger partial charge in [-0.3, -0.25) is 9.59 Å². The summed E-state index contributed by atoms with van der Waals surface area (Å²) < 4.78 is 0. The molecule has 0 heterocycles. The number of rotatable bonds is 5. The van der Waals surface area contributed by atoms with Crippen molar-refractivity contribution in [3.8, 4) is 6.07 Å². The summed E-state index contributed by atoms with van der Waals surface area (Å²) in [5.41, 5.74) is 1.70. The Hall–Kier alpha value is -3.60. The highest BCUT2D eigenvalue weighted by Crippen LogP contribution is 2.13. The van der Waals surface area contributed by atoms with Crippen LogP contribution in [-0.2, 0) is 9.59 Å². The van der Waals surface area contributed by atoms with Crippen molar-refractivity contribution in [1.29, 1.82) is 5.26 Å². The molecule has 0 spiro atoms. The number of nitriles is 1. The summed E-state index contributed by atoms with van der Waals surface area (Å²) in [5, 5.41) is 20.1. The molecular formula is C17H15N5O3. The topological polar surface area (TPSA) is 115 Å². The summed E-state index contributed by atoms with van der Waals surface area (Å²) >= 11 is 0. The Morgan fingerprint density at radius 2 is 1.92 bits per heavy atom. The third-order valence-corrected chi connectivity index (χ3v) is 3.28. The largest absolute Gasteiger partial charge is 0.338 e. The Morgan fingerprint density at radius 1 is 1.20 bits per heavy atom. The molecule has 1 aliphatic carbocycles. The molecule has 0 fully saturated rings. The molecule has 0 atom stereocenters. The van der Waals surface area contributed by atoms with Crippen LogP contribution in [0.4, 0.5) is 10.5 Å². The van der Waals surface area contributed by atoms with Crippen molar-refractivity contribution in [2.24, 2.45) is 10.3 Å². The molecule has 0 saturated heterocycles. The lowest BCUT2D eigenvalue weighted by Crippen LogP contribution is -2.34. The van der Waals surface area contributed by atoms with E-state index in [0.717, 1.165) is 5.01 Å². The molecule has 0 bridgehead atoms. The van der Waals surface area contributed by atoms with Gasteiger partial charge in [0.25, 0.3) is 0 Å². The summed E-state index contributed by atoms with van der Waals surface area (Å²) in [5.74, 6) is -1.10. The molecule has 8 nitrogen and oxygen atoms in total. The highest BCUT2D eigenvalue weighted by molar-refractivity contribution is 6.46. The number of urea groups is 1. The number of amides is 2. The average Bonchev–Trinajstić information content (AvgIpc) is 2.63. The molecule has 2 amide bonds. The minimum absolute atomic E-state index is 0.285. The van der Waals surface area contributed by atoms with Gasteiger partial charge in [-0.05, 0) is 48.4 Å². The number of hydrogen-bond donors (Lipinski definition) is 1. The fourth-order valence-electron chi connectivity index (χ4n) is 1.90. The van der Waals surface area contributed by atoms with E-state index in [1.165, 1.54) is 19.2 Å². The van der Waals surface area contributed by atoms with Crippen LogP contribution in [0, 0.1) is 11.3 Å². The molecule has 0 unspecified atom stereocenters. The molecule has 1 aromatic rings. The van der Waals surface area contributed by atoms with Crippen LogP contribution in [0.3, 0.4) is 0 Å². The molecule has 1 aromatic carbocycles. The molecule has 0 aromatic heterocycles. The van der Waals surface area contributed by atoms with E-state index < -0.39 is 17.6 Å². The van der Waals surface area contributed by atoms with E-state index in [9.17, 15) is 14.4 Å². The van der Waals surface area contributed by atoms with Crippen molar-refractivity contribution in [2.45, 2.75) is 6.42 Å². The molecule has 1 N–H and O–H groups in total. The van der Waals surface area contributed by atoms with Crippen LogP contribution in [0.5, 0.6) is 0 Å². The first-order chi connectivity index (χ1) is 12.0. The van der Waals surface area contributed by atoms with Gasteiger partial charge in [-0.1, -0.05) is 11.3 Å². The SMILES string of the molecule is CN(N=Nc1ccc(C#N)cc1)C(=O)NCCC1=CC(=O)C(=O)C=C1. The predicted molar refractivity (Wildman–Crippen MR) is 88.7 cm³/mol. The van der Waals surface area contributed by atoms with Gasteiger partial charge in [0.15, 0.2) is 0 Å². The zero-order chi connectivity index (χ0) is 18.2. The zero-order valence-corrected chi connectivity index (χ0v) is 13.5. The molecule has 0 saturated carbocycles. The first-order valence-electron chi connectivity index (χ1n) is 7.40. The monoisotopic (exact) mass is 337 g/mol. The van der Waals surface area contributed by atoms with Gasteiger partial charge in [-0.2, -0.15) is 10.3 Å². The van der Waals surface area contributed by atoms with Crippen molar-refractivity contribution >= 4 is 23.3 Å². The smallest absolute Gasteiger partial charge is 0.336 e. The number of carbonyl (C=O) groups excluding carboxylic acids is 3. The highest BCUT2D eigenvalue weighted by Gasteiger charge is 2.13. The molecule has 126 valence electrons. The van der Waals surface area contributed by atoms with Gasteiger partial charge in [0.05, 0.1) is 17.3 Å². The number of nitrogens with zero attached hydrogens (tertiary/aromatic N) is 4. The summed E-state index contributed by atoms with van der Waals surface area (Å²) in [6.45, 7) is 0.285. The second kappa shape index (κ2) is 8.31. The zero-order valence-electron chi connectivity index (χ0n) is 13.5. The Kier molecular flexibility index (Phi) is 5.90. The summed E-state index contributed by atoms with van der Waals surface area (Å²) in [4.78, 5) is 34.2. The number of allylic oxidation sites excluding steroid dienone is 3. The molecule has 2 rings (SSSR count). The van der Waals surface area contributed by atoms with Gasteiger partial charge in [-0.25, -0.2) is 4.79 Å². The van der Waals surface area contributed by atoms with Crippen molar-refractivity contribution in [1.82, 2.24) is 10.3 Å². The van der Waals surface area contributed by atoms with Crippen LogP contribution >= 0.6 is 0 Å². The Bertz CT molecular complexity index is 816. The van der Waals surface area contributed by atoms with Crippen LogP contribution < -0.4 is 5.32 Å². The lowest BCUT2D eigenvalue weighted by molar-refractivity contribution is -0.131. The van der Waals surface area contributed by atoms with E-state index in [0.29, 0.717) is 23.2 Å². The normalized spacial score (nSPS) is 13.5. The second-order valence-corrected chi connectivity index (χ2v) is 5.13. The van der Waals surface area contributed by atoms with Gasteiger partial charge in [0.1, 0.15) is 0 Å². The predicted octanol–water partition coefficient (Wildman–Crippen LogP) is 2.22. The van der Waals surface area contributed by atoms with Crippen LogP contribution in [0.25, 0.3) is 0 Å². The molecule has 0 aliphatic heterocycles. The van der Waals surface area contributed by atoms with Crippen molar-refractivity contribution in [3.05, 3.63) is 53.6 Å². The van der Waals surface area contributed by atoms with Crippen LogP contribution in [-0.4, -0.2) is 36.2 Å². The van der Waals surface area contributed by atoms with Crippen molar-refractivity contribution in [2.75, 3.05) is 13.6 Å². The summed E-state index contributed by atoms with van der Waals surface area (Å²) in [6.07, 6.45) is 4.46. The highest BCUT2D eigenvalue weighted by atomic mass is 16.2. The molecular weight excluding hydrogens is 322 g/mol.